The van der Waals surface area contributed by atoms with Crippen molar-refractivity contribution in [2.24, 2.45) is 0 Å². The number of amides is 2. The Morgan fingerprint density at radius 3 is 2.82 bits per heavy atom. The molecule has 34 heavy (non-hydrogen) atoms. The zero-order valence-corrected chi connectivity index (χ0v) is 20.1. The molecule has 0 spiro atoms. The molecule has 0 saturated carbocycles. The standard InChI is InChI=1S/C26H28ClN3O4/c1-26(25(32)28-14-20-7-5-11-34-20)16-29-22-13-19(33-2)10-9-17(22)12-23(29)24(31)30(26)15-18-6-3-4-8-21(18)27/h3-4,6,8-10,12-13,20H,5,7,11,14-16H2,1-2H3,(H,28,32)/t20-,26-/m0/s1. The number of benzene rings is 2. The van der Waals surface area contributed by atoms with Gasteiger partial charge in [-0.2, -0.15) is 0 Å². The fourth-order valence-electron chi connectivity index (χ4n) is 4.90. The van der Waals surface area contributed by atoms with Crippen molar-refractivity contribution in [2.75, 3.05) is 20.3 Å². The average molecular weight is 482 g/mol. The summed E-state index contributed by atoms with van der Waals surface area (Å²) in [4.78, 5) is 29.2. The zero-order valence-electron chi connectivity index (χ0n) is 19.3. The minimum absolute atomic E-state index is 0.0103. The van der Waals surface area contributed by atoms with Gasteiger partial charge < -0.3 is 24.3 Å². The summed E-state index contributed by atoms with van der Waals surface area (Å²) in [6.45, 7) is 3.51. The van der Waals surface area contributed by atoms with Crippen LogP contribution in [0, 0.1) is 0 Å². The van der Waals surface area contributed by atoms with Crippen LogP contribution in [0.2, 0.25) is 5.02 Å². The highest BCUT2D eigenvalue weighted by molar-refractivity contribution is 6.31. The lowest BCUT2D eigenvalue weighted by Crippen LogP contribution is -2.64. The smallest absolute Gasteiger partial charge is 0.271 e. The topological polar surface area (TPSA) is 72.8 Å². The van der Waals surface area contributed by atoms with Gasteiger partial charge >= 0.3 is 0 Å². The Morgan fingerprint density at radius 2 is 2.09 bits per heavy atom. The van der Waals surface area contributed by atoms with E-state index in [9.17, 15) is 9.59 Å². The van der Waals surface area contributed by atoms with E-state index in [4.69, 9.17) is 21.1 Å². The second-order valence-corrected chi connectivity index (χ2v) is 9.55. The van der Waals surface area contributed by atoms with E-state index in [2.05, 4.69) is 5.32 Å². The van der Waals surface area contributed by atoms with E-state index in [1.165, 1.54) is 0 Å². The van der Waals surface area contributed by atoms with Gasteiger partial charge in [-0.05, 0) is 49.6 Å². The Kier molecular flexibility index (Phi) is 6.00. The van der Waals surface area contributed by atoms with Gasteiger partial charge in [0, 0.05) is 36.2 Å². The number of nitrogens with zero attached hydrogens (tertiary/aromatic N) is 2. The Hall–Kier alpha value is -3.03. The lowest BCUT2D eigenvalue weighted by atomic mass is 9.93. The molecule has 8 heteroatoms. The van der Waals surface area contributed by atoms with E-state index in [0.29, 0.717) is 29.6 Å². The van der Waals surface area contributed by atoms with Gasteiger partial charge in [-0.3, -0.25) is 9.59 Å². The maximum absolute atomic E-state index is 13.9. The molecule has 0 radical (unpaired) electrons. The molecule has 3 heterocycles. The van der Waals surface area contributed by atoms with Crippen LogP contribution in [0.25, 0.3) is 10.9 Å². The summed E-state index contributed by atoms with van der Waals surface area (Å²) < 4.78 is 13.0. The highest BCUT2D eigenvalue weighted by Crippen LogP contribution is 2.35. The number of carbonyl (C=O) groups is 2. The zero-order chi connectivity index (χ0) is 23.9. The lowest BCUT2D eigenvalue weighted by molar-refractivity contribution is -0.133. The SMILES string of the molecule is COc1ccc2cc3n(c2c1)C[C@@](C)(C(=O)NC[C@@H]1CCCO1)N(Cc1ccccc1Cl)C3=O. The van der Waals surface area contributed by atoms with Gasteiger partial charge in [-0.15, -0.1) is 0 Å². The Bertz CT molecular complexity index is 1250. The summed E-state index contributed by atoms with van der Waals surface area (Å²) >= 11 is 6.43. The first-order valence-corrected chi connectivity index (χ1v) is 11.9. The van der Waals surface area contributed by atoms with E-state index < -0.39 is 5.54 Å². The number of rotatable bonds is 6. The highest BCUT2D eigenvalue weighted by atomic mass is 35.5. The van der Waals surface area contributed by atoms with Crippen molar-refractivity contribution in [2.45, 2.75) is 44.5 Å². The van der Waals surface area contributed by atoms with Crippen LogP contribution < -0.4 is 10.1 Å². The van der Waals surface area contributed by atoms with Crippen molar-refractivity contribution in [3.63, 3.8) is 0 Å². The van der Waals surface area contributed by atoms with E-state index in [1.54, 1.807) is 18.1 Å². The van der Waals surface area contributed by atoms with E-state index in [1.807, 2.05) is 54.0 Å². The Morgan fingerprint density at radius 1 is 1.26 bits per heavy atom. The monoisotopic (exact) mass is 481 g/mol. The molecule has 1 N–H and O–H groups in total. The molecule has 1 aromatic heterocycles. The Balaban J connectivity index is 1.55. The van der Waals surface area contributed by atoms with Gasteiger partial charge in [0.25, 0.3) is 5.91 Å². The third-order valence-corrected chi connectivity index (χ3v) is 7.30. The van der Waals surface area contributed by atoms with Crippen LogP contribution in [0.15, 0.2) is 48.5 Å². The second kappa shape index (κ2) is 8.96. The highest BCUT2D eigenvalue weighted by Gasteiger charge is 2.48. The van der Waals surface area contributed by atoms with Gasteiger partial charge in [0.15, 0.2) is 0 Å². The lowest BCUT2D eigenvalue weighted by Gasteiger charge is -2.44. The van der Waals surface area contributed by atoms with Crippen molar-refractivity contribution >= 4 is 34.3 Å². The number of halogens is 1. The summed E-state index contributed by atoms with van der Waals surface area (Å²) in [6.07, 6.45) is 1.93. The maximum atomic E-state index is 13.9. The fourth-order valence-corrected chi connectivity index (χ4v) is 5.10. The predicted octanol–water partition coefficient (Wildman–Crippen LogP) is 4.01. The van der Waals surface area contributed by atoms with Gasteiger partial charge in [-0.25, -0.2) is 0 Å². The molecule has 2 aliphatic heterocycles. The molecule has 2 amide bonds. The van der Waals surface area contributed by atoms with Gasteiger partial charge in [0.1, 0.15) is 17.0 Å². The Labute approximate surface area is 203 Å². The fraction of sp³-hybridized carbons (Fsp3) is 0.385. The summed E-state index contributed by atoms with van der Waals surface area (Å²) in [5.41, 5.74) is 1.07. The van der Waals surface area contributed by atoms with Crippen LogP contribution >= 0.6 is 11.6 Å². The molecule has 1 saturated heterocycles. The largest absolute Gasteiger partial charge is 0.497 e. The summed E-state index contributed by atoms with van der Waals surface area (Å²) in [6, 6.07) is 15.0. The van der Waals surface area contributed by atoms with E-state index in [-0.39, 0.29) is 24.5 Å². The van der Waals surface area contributed by atoms with Crippen molar-refractivity contribution in [3.05, 3.63) is 64.8 Å². The quantitative estimate of drug-likeness (QED) is 0.577. The molecular formula is C26H28ClN3O4. The molecule has 3 aromatic rings. The third kappa shape index (κ3) is 3.93. The van der Waals surface area contributed by atoms with E-state index >= 15 is 0 Å². The normalized spacial score (nSPS) is 22.1. The van der Waals surface area contributed by atoms with Crippen molar-refractivity contribution < 1.29 is 19.1 Å². The molecule has 2 aliphatic rings. The molecule has 1 fully saturated rings. The maximum Gasteiger partial charge on any atom is 0.271 e. The van der Waals surface area contributed by atoms with Gasteiger partial charge in [-0.1, -0.05) is 29.8 Å². The van der Waals surface area contributed by atoms with Crippen LogP contribution in [0.3, 0.4) is 0 Å². The van der Waals surface area contributed by atoms with E-state index in [0.717, 1.165) is 35.9 Å². The summed E-state index contributed by atoms with van der Waals surface area (Å²) in [5, 5.41) is 4.54. The van der Waals surface area contributed by atoms with Gasteiger partial charge in [0.2, 0.25) is 5.91 Å². The molecular weight excluding hydrogens is 454 g/mol. The average Bonchev–Trinajstić information content (AvgIpc) is 3.49. The number of nitrogens with one attached hydrogen (secondary N) is 1. The number of methoxy groups -OCH3 is 1. The molecule has 2 atom stereocenters. The molecule has 5 rings (SSSR count). The first-order chi connectivity index (χ1) is 16.4. The molecule has 0 unspecified atom stereocenters. The van der Waals surface area contributed by atoms with Crippen molar-refractivity contribution in [3.8, 4) is 5.75 Å². The molecule has 7 nitrogen and oxygen atoms in total. The minimum atomic E-state index is -1.13. The van der Waals surface area contributed by atoms with Crippen molar-refractivity contribution in [1.82, 2.24) is 14.8 Å². The minimum Gasteiger partial charge on any atom is -0.497 e. The van der Waals surface area contributed by atoms with Crippen molar-refractivity contribution in [1.29, 1.82) is 0 Å². The van der Waals surface area contributed by atoms with Crippen LogP contribution in [0.4, 0.5) is 0 Å². The second-order valence-electron chi connectivity index (χ2n) is 9.14. The first-order valence-electron chi connectivity index (χ1n) is 11.5. The van der Waals surface area contributed by atoms with Crippen LogP contribution in [0.1, 0.15) is 35.8 Å². The van der Waals surface area contributed by atoms with Gasteiger partial charge in [0.05, 0.1) is 25.3 Å². The molecule has 0 bridgehead atoms. The first kappa shape index (κ1) is 22.7. The number of aromatic nitrogens is 1. The predicted molar refractivity (Wildman–Crippen MR) is 130 cm³/mol. The molecule has 0 aliphatic carbocycles. The number of hydrogen-bond acceptors (Lipinski definition) is 4. The number of carbonyl (C=O) groups excluding carboxylic acids is 2. The summed E-state index contributed by atoms with van der Waals surface area (Å²) in [5.74, 6) is 0.277. The van der Waals surface area contributed by atoms with Crippen LogP contribution in [0.5, 0.6) is 5.75 Å². The number of hydrogen-bond donors (Lipinski definition) is 1. The number of ether oxygens (including phenoxy) is 2. The summed E-state index contributed by atoms with van der Waals surface area (Å²) in [7, 11) is 1.61. The molecule has 2 aromatic carbocycles. The third-order valence-electron chi connectivity index (χ3n) is 6.93. The van der Waals surface area contributed by atoms with Crippen LogP contribution in [-0.2, 0) is 22.6 Å². The number of fused-ring (bicyclic) bond motifs is 3. The van der Waals surface area contributed by atoms with Crippen LogP contribution in [-0.4, -0.2) is 53.2 Å². The molecule has 178 valence electrons.